The smallest absolute Gasteiger partial charge is 0.255 e. The van der Waals surface area contributed by atoms with Crippen LogP contribution in [0.2, 0.25) is 0 Å². The SMILES string of the molecule is CC(F)(F)c1ccccn1. The average molecular weight is 143 g/mol. The van der Waals surface area contributed by atoms with Gasteiger partial charge in [0.15, 0.2) is 0 Å². The molecule has 0 amide bonds. The highest BCUT2D eigenvalue weighted by molar-refractivity contribution is 5.08. The van der Waals surface area contributed by atoms with Gasteiger partial charge in [-0.25, -0.2) is 0 Å². The Balaban J connectivity index is 2.97. The standard InChI is InChI=1S/C7H7F2N/c1-7(8,9)6-4-2-3-5-10-6/h2-5H,1H3. The molecule has 0 atom stereocenters. The molecule has 0 aliphatic rings. The van der Waals surface area contributed by atoms with Crippen LogP contribution >= 0.6 is 0 Å². The first-order valence-electron chi connectivity index (χ1n) is 2.90. The summed E-state index contributed by atoms with van der Waals surface area (Å²) < 4.78 is 24.8. The molecule has 0 spiro atoms. The largest absolute Gasteiger partial charge is 0.286 e. The molecule has 0 saturated heterocycles. The third-order valence-electron chi connectivity index (χ3n) is 1.11. The van der Waals surface area contributed by atoms with E-state index in [9.17, 15) is 8.78 Å². The van der Waals surface area contributed by atoms with Crippen LogP contribution in [0.25, 0.3) is 0 Å². The molecular weight excluding hydrogens is 136 g/mol. The predicted molar refractivity (Wildman–Crippen MR) is 33.8 cm³/mol. The summed E-state index contributed by atoms with van der Waals surface area (Å²) >= 11 is 0. The molecule has 10 heavy (non-hydrogen) atoms. The highest BCUT2D eigenvalue weighted by Crippen LogP contribution is 2.23. The summed E-state index contributed by atoms with van der Waals surface area (Å²) in [4.78, 5) is 3.50. The fraction of sp³-hybridized carbons (Fsp3) is 0.286. The fourth-order valence-corrected chi connectivity index (χ4v) is 0.622. The van der Waals surface area contributed by atoms with Crippen LogP contribution in [-0.2, 0) is 5.92 Å². The van der Waals surface area contributed by atoms with Crippen molar-refractivity contribution < 1.29 is 8.78 Å². The van der Waals surface area contributed by atoms with Crippen molar-refractivity contribution >= 4 is 0 Å². The molecule has 1 nitrogen and oxygen atoms in total. The van der Waals surface area contributed by atoms with Crippen molar-refractivity contribution in [3.63, 3.8) is 0 Å². The normalized spacial score (nSPS) is 11.5. The zero-order valence-electron chi connectivity index (χ0n) is 5.51. The Hall–Kier alpha value is -0.990. The lowest BCUT2D eigenvalue weighted by molar-refractivity contribution is 0.0128. The molecule has 0 saturated carbocycles. The third kappa shape index (κ3) is 1.50. The van der Waals surface area contributed by atoms with Crippen LogP contribution in [-0.4, -0.2) is 4.98 Å². The van der Waals surface area contributed by atoms with E-state index >= 15 is 0 Å². The molecule has 1 rings (SSSR count). The maximum Gasteiger partial charge on any atom is 0.286 e. The van der Waals surface area contributed by atoms with Crippen molar-refractivity contribution in [2.45, 2.75) is 12.8 Å². The summed E-state index contributed by atoms with van der Waals surface area (Å²) in [5, 5.41) is 0. The highest BCUT2D eigenvalue weighted by atomic mass is 19.3. The molecule has 3 heteroatoms. The lowest BCUT2D eigenvalue weighted by Gasteiger charge is -2.07. The topological polar surface area (TPSA) is 12.9 Å². The van der Waals surface area contributed by atoms with Crippen LogP contribution in [0.4, 0.5) is 8.78 Å². The van der Waals surface area contributed by atoms with E-state index in [0.29, 0.717) is 0 Å². The van der Waals surface area contributed by atoms with Crippen LogP contribution in [0.1, 0.15) is 12.6 Å². The number of halogens is 2. The molecule has 54 valence electrons. The van der Waals surface area contributed by atoms with Crippen molar-refractivity contribution in [2.24, 2.45) is 0 Å². The minimum Gasteiger partial charge on any atom is -0.255 e. The van der Waals surface area contributed by atoms with Crippen molar-refractivity contribution in [3.8, 4) is 0 Å². The maximum absolute atomic E-state index is 12.4. The summed E-state index contributed by atoms with van der Waals surface area (Å²) in [5.41, 5.74) is -0.185. The van der Waals surface area contributed by atoms with Gasteiger partial charge >= 0.3 is 0 Å². The first-order chi connectivity index (χ1) is 4.61. The van der Waals surface area contributed by atoms with Gasteiger partial charge in [0.05, 0.1) is 0 Å². The quantitative estimate of drug-likeness (QED) is 0.587. The number of alkyl halides is 2. The van der Waals surface area contributed by atoms with Gasteiger partial charge in [-0.15, -0.1) is 0 Å². The first kappa shape index (κ1) is 7.12. The second-order valence-electron chi connectivity index (χ2n) is 2.10. The third-order valence-corrected chi connectivity index (χ3v) is 1.11. The summed E-state index contributed by atoms with van der Waals surface area (Å²) in [6, 6.07) is 4.45. The van der Waals surface area contributed by atoms with E-state index in [2.05, 4.69) is 4.98 Å². The molecular formula is C7H7F2N. The van der Waals surface area contributed by atoms with Crippen molar-refractivity contribution in [2.75, 3.05) is 0 Å². The van der Waals surface area contributed by atoms with Gasteiger partial charge in [0.1, 0.15) is 5.69 Å². The van der Waals surface area contributed by atoms with Crippen molar-refractivity contribution in [1.29, 1.82) is 0 Å². The van der Waals surface area contributed by atoms with Crippen molar-refractivity contribution in [3.05, 3.63) is 30.1 Å². The number of pyridine rings is 1. The summed E-state index contributed by atoms with van der Waals surface area (Å²) in [6.07, 6.45) is 1.35. The van der Waals surface area contributed by atoms with E-state index in [0.717, 1.165) is 6.92 Å². The Labute approximate surface area is 57.7 Å². The van der Waals surface area contributed by atoms with E-state index in [1.807, 2.05) is 0 Å². The molecule has 0 fully saturated rings. The average Bonchev–Trinajstić information content (AvgIpc) is 1.88. The van der Waals surface area contributed by atoms with Gasteiger partial charge in [-0.3, -0.25) is 4.98 Å². The lowest BCUT2D eigenvalue weighted by Crippen LogP contribution is -2.08. The number of hydrogen-bond donors (Lipinski definition) is 0. The fourth-order valence-electron chi connectivity index (χ4n) is 0.622. The van der Waals surface area contributed by atoms with E-state index in [1.54, 1.807) is 12.1 Å². The van der Waals surface area contributed by atoms with Gasteiger partial charge in [-0.2, -0.15) is 8.78 Å². The van der Waals surface area contributed by atoms with Gasteiger partial charge < -0.3 is 0 Å². The molecule has 0 radical (unpaired) electrons. The molecule has 1 aromatic rings. The number of rotatable bonds is 1. The van der Waals surface area contributed by atoms with Gasteiger partial charge in [-0.05, 0) is 12.1 Å². The molecule has 0 aliphatic heterocycles. The number of nitrogens with zero attached hydrogens (tertiary/aromatic N) is 1. The van der Waals surface area contributed by atoms with Gasteiger partial charge in [0.25, 0.3) is 5.92 Å². The van der Waals surface area contributed by atoms with Gasteiger partial charge in [0.2, 0.25) is 0 Å². The Bertz CT molecular complexity index is 203. The van der Waals surface area contributed by atoms with Gasteiger partial charge in [-0.1, -0.05) is 6.07 Å². The van der Waals surface area contributed by atoms with Crippen LogP contribution in [0.15, 0.2) is 24.4 Å². The highest BCUT2D eigenvalue weighted by Gasteiger charge is 2.24. The van der Waals surface area contributed by atoms with E-state index in [-0.39, 0.29) is 5.69 Å². The Morgan fingerprint density at radius 1 is 1.40 bits per heavy atom. The lowest BCUT2D eigenvalue weighted by atomic mass is 10.2. The molecule has 1 heterocycles. The molecule has 0 unspecified atom stereocenters. The van der Waals surface area contributed by atoms with E-state index in [1.165, 1.54) is 12.3 Å². The number of hydrogen-bond acceptors (Lipinski definition) is 1. The molecule has 1 aromatic heterocycles. The van der Waals surface area contributed by atoms with E-state index < -0.39 is 5.92 Å². The first-order valence-corrected chi connectivity index (χ1v) is 2.90. The second-order valence-corrected chi connectivity index (χ2v) is 2.10. The maximum atomic E-state index is 12.4. The van der Waals surface area contributed by atoms with Crippen LogP contribution in [0.3, 0.4) is 0 Å². The van der Waals surface area contributed by atoms with E-state index in [4.69, 9.17) is 0 Å². The molecule has 0 N–H and O–H groups in total. The molecule has 0 aromatic carbocycles. The predicted octanol–water partition coefficient (Wildman–Crippen LogP) is 2.19. The zero-order chi connectivity index (χ0) is 7.61. The summed E-state index contributed by atoms with van der Waals surface area (Å²) in [6.45, 7) is 0.829. The Kier molecular flexibility index (Phi) is 1.66. The van der Waals surface area contributed by atoms with Crippen molar-refractivity contribution in [1.82, 2.24) is 4.98 Å². The Morgan fingerprint density at radius 3 is 2.40 bits per heavy atom. The molecule has 0 bridgehead atoms. The zero-order valence-corrected chi connectivity index (χ0v) is 5.51. The minimum absolute atomic E-state index is 0.185. The van der Waals surface area contributed by atoms with Gasteiger partial charge in [0, 0.05) is 13.1 Å². The number of aromatic nitrogens is 1. The minimum atomic E-state index is -2.82. The van der Waals surface area contributed by atoms with Crippen LogP contribution in [0, 0.1) is 0 Å². The monoisotopic (exact) mass is 143 g/mol. The summed E-state index contributed by atoms with van der Waals surface area (Å²) in [7, 11) is 0. The Morgan fingerprint density at radius 2 is 2.10 bits per heavy atom. The van der Waals surface area contributed by atoms with Crippen LogP contribution < -0.4 is 0 Å². The summed E-state index contributed by atoms with van der Waals surface area (Å²) in [5.74, 6) is -2.82. The van der Waals surface area contributed by atoms with Crippen LogP contribution in [0.5, 0.6) is 0 Å². The second kappa shape index (κ2) is 2.33. The molecule has 0 aliphatic carbocycles.